The maximum absolute atomic E-state index is 5.70. The molecule has 3 heteroatoms. The molecule has 3 nitrogen and oxygen atoms in total. The van der Waals surface area contributed by atoms with Crippen molar-refractivity contribution in [1.29, 1.82) is 0 Å². The second kappa shape index (κ2) is 2.76. The lowest BCUT2D eigenvalue weighted by Gasteiger charge is -1.98. The number of hydrogen-bond acceptors (Lipinski definition) is 2. The normalized spacial score (nSPS) is 10.9. The minimum Gasteiger partial charge on any atom is -0.399 e. The fraction of sp³-hybridized carbons (Fsp3) is 0.300. The van der Waals surface area contributed by atoms with Crippen LogP contribution in [-0.2, 0) is 6.42 Å². The minimum atomic E-state index is 0.790. The zero-order chi connectivity index (χ0) is 9.42. The van der Waals surface area contributed by atoms with Crippen LogP contribution in [0.2, 0.25) is 0 Å². The molecule has 2 heterocycles. The Morgan fingerprint density at radius 1 is 1.54 bits per heavy atom. The largest absolute Gasteiger partial charge is 0.399 e. The van der Waals surface area contributed by atoms with E-state index in [1.54, 1.807) is 0 Å². The van der Waals surface area contributed by atoms with Gasteiger partial charge in [-0.3, -0.25) is 0 Å². The van der Waals surface area contributed by atoms with E-state index in [0.717, 1.165) is 29.1 Å². The number of aromatic nitrogens is 2. The van der Waals surface area contributed by atoms with Crippen LogP contribution in [0.15, 0.2) is 18.3 Å². The SMILES string of the molecule is CCc1nc(C)c2cc(N)ccn12. The Balaban J connectivity index is 2.80. The quantitative estimate of drug-likeness (QED) is 0.718. The second-order valence-corrected chi connectivity index (χ2v) is 3.18. The molecule has 0 aliphatic carbocycles. The van der Waals surface area contributed by atoms with Crippen LogP contribution in [0, 0.1) is 6.92 Å². The Bertz CT molecular complexity index is 443. The molecular weight excluding hydrogens is 162 g/mol. The number of imidazole rings is 1. The van der Waals surface area contributed by atoms with Crippen LogP contribution in [0.4, 0.5) is 5.69 Å². The highest BCUT2D eigenvalue weighted by Crippen LogP contribution is 2.15. The van der Waals surface area contributed by atoms with E-state index in [4.69, 9.17) is 5.73 Å². The average Bonchev–Trinajstić information content (AvgIpc) is 2.43. The zero-order valence-corrected chi connectivity index (χ0v) is 7.91. The molecular formula is C10H13N3. The number of hydrogen-bond donors (Lipinski definition) is 1. The average molecular weight is 175 g/mol. The van der Waals surface area contributed by atoms with Gasteiger partial charge in [0, 0.05) is 18.3 Å². The van der Waals surface area contributed by atoms with Crippen molar-refractivity contribution in [2.45, 2.75) is 20.3 Å². The van der Waals surface area contributed by atoms with E-state index < -0.39 is 0 Å². The number of aryl methyl sites for hydroxylation is 2. The molecule has 0 saturated heterocycles. The van der Waals surface area contributed by atoms with E-state index in [0.29, 0.717) is 0 Å². The van der Waals surface area contributed by atoms with Crippen LogP contribution in [0.3, 0.4) is 0 Å². The van der Waals surface area contributed by atoms with Crippen LogP contribution < -0.4 is 5.73 Å². The number of anilines is 1. The van der Waals surface area contributed by atoms with Crippen LogP contribution in [0.25, 0.3) is 5.52 Å². The molecule has 0 aliphatic rings. The van der Waals surface area contributed by atoms with Crippen molar-refractivity contribution in [2.24, 2.45) is 0 Å². The van der Waals surface area contributed by atoms with Crippen molar-refractivity contribution in [1.82, 2.24) is 9.38 Å². The van der Waals surface area contributed by atoms with E-state index in [2.05, 4.69) is 16.3 Å². The molecule has 0 radical (unpaired) electrons. The summed E-state index contributed by atoms with van der Waals surface area (Å²) in [6.07, 6.45) is 2.92. The molecule has 0 bridgehead atoms. The molecule has 0 saturated carbocycles. The predicted octanol–water partition coefficient (Wildman–Crippen LogP) is 1.79. The smallest absolute Gasteiger partial charge is 0.113 e. The number of nitrogen functional groups attached to an aromatic ring is 1. The third-order valence-corrected chi connectivity index (χ3v) is 2.24. The van der Waals surface area contributed by atoms with Gasteiger partial charge in [-0.25, -0.2) is 4.98 Å². The van der Waals surface area contributed by atoms with E-state index in [9.17, 15) is 0 Å². The molecule has 2 N–H and O–H groups in total. The van der Waals surface area contributed by atoms with E-state index in [1.807, 2.05) is 25.3 Å². The molecule has 2 aromatic heterocycles. The lowest BCUT2D eigenvalue weighted by atomic mass is 10.3. The first-order valence-corrected chi connectivity index (χ1v) is 4.45. The van der Waals surface area contributed by atoms with Gasteiger partial charge in [0.1, 0.15) is 5.82 Å². The number of fused-ring (bicyclic) bond motifs is 1. The highest BCUT2D eigenvalue weighted by molar-refractivity contribution is 5.60. The monoisotopic (exact) mass is 175 g/mol. The lowest BCUT2D eigenvalue weighted by molar-refractivity contribution is 0.929. The molecule has 0 fully saturated rings. The third-order valence-electron chi connectivity index (χ3n) is 2.24. The molecule has 0 aliphatic heterocycles. The Morgan fingerprint density at radius 2 is 2.31 bits per heavy atom. The summed E-state index contributed by atoms with van der Waals surface area (Å²) >= 11 is 0. The van der Waals surface area contributed by atoms with Crippen molar-refractivity contribution in [3.05, 3.63) is 29.8 Å². The van der Waals surface area contributed by atoms with Gasteiger partial charge in [-0.2, -0.15) is 0 Å². The molecule has 0 atom stereocenters. The summed E-state index contributed by atoms with van der Waals surface area (Å²) in [6.45, 7) is 4.11. The van der Waals surface area contributed by atoms with Crippen LogP contribution in [0.1, 0.15) is 18.4 Å². The second-order valence-electron chi connectivity index (χ2n) is 3.18. The Labute approximate surface area is 77.2 Å². The number of pyridine rings is 1. The molecule has 2 aromatic rings. The van der Waals surface area contributed by atoms with Gasteiger partial charge in [-0.1, -0.05) is 6.92 Å². The highest BCUT2D eigenvalue weighted by atomic mass is 15.0. The molecule has 0 aromatic carbocycles. The first-order valence-electron chi connectivity index (χ1n) is 4.45. The van der Waals surface area contributed by atoms with Crippen molar-refractivity contribution < 1.29 is 0 Å². The summed E-state index contributed by atoms with van der Waals surface area (Å²) in [5.41, 5.74) is 8.65. The molecule has 0 unspecified atom stereocenters. The van der Waals surface area contributed by atoms with Crippen molar-refractivity contribution >= 4 is 11.2 Å². The molecule has 13 heavy (non-hydrogen) atoms. The zero-order valence-electron chi connectivity index (χ0n) is 7.91. The Kier molecular flexibility index (Phi) is 1.72. The minimum absolute atomic E-state index is 0.790. The molecule has 0 spiro atoms. The predicted molar refractivity (Wildman–Crippen MR) is 53.7 cm³/mol. The summed E-state index contributed by atoms with van der Waals surface area (Å²) < 4.78 is 2.09. The van der Waals surface area contributed by atoms with Gasteiger partial charge < -0.3 is 10.1 Å². The van der Waals surface area contributed by atoms with Crippen molar-refractivity contribution in [3.8, 4) is 0 Å². The van der Waals surface area contributed by atoms with E-state index >= 15 is 0 Å². The summed E-state index contributed by atoms with van der Waals surface area (Å²) in [4.78, 5) is 4.46. The number of nitrogens with zero attached hydrogens (tertiary/aromatic N) is 2. The van der Waals surface area contributed by atoms with Crippen molar-refractivity contribution in [3.63, 3.8) is 0 Å². The Hall–Kier alpha value is -1.51. The van der Waals surface area contributed by atoms with Gasteiger partial charge >= 0.3 is 0 Å². The maximum Gasteiger partial charge on any atom is 0.113 e. The van der Waals surface area contributed by atoms with Crippen LogP contribution in [0.5, 0.6) is 0 Å². The van der Waals surface area contributed by atoms with Gasteiger partial charge in [0.2, 0.25) is 0 Å². The third kappa shape index (κ3) is 1.16. The van der Waals surface area contributed by atoms with E-state index in [1.165, 1.54) is 0 Å². The summed E-state index contributed by atoms with van der Waals surface area (Å²) in [6, 6.07) is 3.86. The van der Waals surface area contributed by atoms with Gasteiger partial charge in [0.15, 0.2) is 0 Å². The summed E-state index contributed by atoms with van der Waals surface area (Å²) in [7, 11) is 0. The topological polar surface area (TPSA) is 43.3 Å². The summed E-state index contributed by atoms with van der Waals surface area (Å²) in [5.74, 6) is 1.09. The standard InChI is InChI=1S/C10H13N3/c1-3-10-12-7(2)9-6-8(11)4-5-13(9)10/h4-6H,3,11H2,1-2H3. The van der Waals surface area contributed by atoms with Gasteiger partial charge in [0.25, 0.3) is 0 Å². The summed E-state index contributed by atoms with van der Waals surface area (Å²) in [5, 5.41) is 0. The van der Waals surface area contributed by atoms with Crippen LogP contribution >= 0.6 is 0 Å². The molecule has 2 rings (SSSR count). The van der Waals surface area contributed by atoms with Gasteiger partial charge in [0.05, 0.1) is 11.2 Å². The number of nitrogens with two attached hydrogens (primary N) is 1. The van der Waals surface area contributed by atoms with Gasteiger partial charge in [-0.15, -0.1) is 0 Å². The van der Waals surface area contributed by atoms with Crippen LogP contribution in [-0.4, -0.2) is 9.38 Å². The number of rotatable bonds is 1. The van der Waals surface area contributed by atoms with E-state index in [-0.39, 0.29) is 0 Å². The highest BCUT2D eigenvalue weighted by Gasteiger charge is 2.05. The fourth-order valence-electron chi connectivity index (χ4n) is 1.57. The maximum atomic E-state index is 5.70. The lowest BCUT2D eigenvalue weighted by Crippen LogP contribution is -1.93. The first-order chi connectivity index (χ1) is 6.22. The fourth-order valence-corrected chi connectivity index (χ4v) is 1.57. The molecule has 0 amide bonds. The first kappa shape index (κ1) is 8.10. The van der Waals surface area contributed by atoms with Gasteiger partial charge in [-0.05, 0) is 19.1 Å². The van der Waals surface area contributed by atoms with Crippen molar-refractivity contribution in [2.75, 3.05) is 5.73 Å². The molecule has 68 valence electrons. The Morgan fingerprint density at radius 3 is 3.00 bits per heavy atom.